The average Bonchev–Trinajstić information content (AvgIpc) is 3.00. The monoisotopic (exact) mass is 425 g/mol. The Bertz CT molecular complexity index is 940. The Kier molecular flexibility index (Phi) is 6.21. The molecule has 2 aromatic heterocycles. The molecule has 2 heterocycles. The zero-order valence-corrected chi connectivity index (χ0v) is 17.6. The fraction of sp³-hybridized carbons (Fsp3) is 0.368. The molecule has 1 N–H and O–H groups in total. The number of aromatic nitrogens is 3. The number of hydrogen-bond donors (Lipinski definition) is 1. The van der Waals surface area contributed by atoms with Gasteiger partial charge in [0.2, 0.25) is 0 Å². The Morgan fingerprint density at radius 2 is 1.96 bits per heavy atom. The van der Waals surface area contributed by atoms with Crippen molar-refractivity contribution in [2.45, 2.75) is 37.4 Å². The van der Waals surface area contributed by atoms with E-state index in [0.29, 0.717) is 26.6 Å². The molecule has 3 aromatic rings. The van der Waals surface area contributed by atoms with Crippen molar-refractivity contribution in [1.29, 1.82) is 0 Å². The molecule has 0 saturated carbocycles. The summed E-state index contributed by atoms with van der Waals surface area (Å²) in [6, 6.07) is 9.52. The van der Waals surface area contributed by atoms with E-state index in [-0.39, 0.29) is 12.0 Å². The van der Waals surface area contributed by atoms with Crippen LogP contribution in [0.25, 0.3) is 5.65 Å². The van der Waals surface area contributed by atoms with Crippen LogP contribution in [-0.2, 0) is 5.41 Å². The van der Waals surface area contributed by atoms with Crippen LogP contribution in [0.1, 0.15) is 26.3 Å². The summed E-state index contributed by atoms with van der Waals surface area (Å²) in [5.41, 5.74) is 1.61. The fourth-order valence-electron chi connectivity index (χ4n) is 2.62. The summed E-state index contributed by atoms with van der Waals surface area (Å²) < 4.78 is 7.59. The van der Waals surface area contributed by atoms with E-state index in [9.17, 15) is 5.11 Å². The minimum atomic E-state index is -0.662. The topological polar surface area (TPSA) is 59.7 Å². The second-order valence-electron chi connectivity index (χ2n) is 7.20. The molecule has 0 radical (unpaired) electrons. The first-order valence-electron chi connectivity index (χ1n) is 8.48. The Labute approximate surface area is 172 Å². The molecule has 8 heteroatoms. The van der Waals surface area contributed by atoms with E-state index in [4.69, 9.17) is 27.9 Å². The van der Waals surface area contributed by atoms with Gasteiger partial charge in [-0.2, -0.15) is 0 Å². The first kappa shape index (κ1) is 20.3. The number of para-hydroxylation sites is 1. The molecule has 1 unspecified atom stereocenters. The van der Waals surface area contributed by atoms with Gasteiger partial charge in [0.1, 0.15) is 12.4 Å². The Morgan fingerprint density at radius 1 is 1.22 bits per heavy atom. The molecule has 144 valence electrons. The van der Waals surface area contributed by atoms with Gasteiger partial charge < -0.3 is 9.84 Å². The molecular weight excluding hydrogens is 405 g/mol. The molecule has 0 fully saturated rings. The third-order valence-electron chi connectivity index (χ3n) is 3.93. The molecule has 0 aliphatic heterocycles. The van der Waals surface area contributed by atoms with Crippen molar-refractivity contribution >= 4 is 40.6 Å². The van der Waals surface area contributed by atoms with Gasteiger partial charge in [-0.15, -0.1) is 10.2 Å². The molecule has 5 nitrogen and oxygen atoms in total. The van der Waals surface area contributed by atoms with Crippen molar-refractivity contribution in [2.24, 2.45) is 0 Å². The number of benzene rings is 1. The summed E-state index contributed by atoms with van der Waals surface area (Å²) in [6.45, 7) is 6.59. The van der Waals surface area contributed by atoms with Crippen molar-refractivity contribution in [1.82, 2.24) is 14.6 Å². The zero-order chi connectivity index (χ0) is 19.6. The van der Waals surface area contributed by atoms with Gasteiger partial charge >= 0.3 is 0 Å². The highest BCUT2D eigenvalue weighted by Gasteiger charge is 2.19. The van der Waals surface area contributed by atoms with Gasteiger partial charge in [0, 0.05) is 11.9 Å². The molecule has 0 saturated heterocycles. The van der Waals surface area contributed by atoms with Gasteiger partial charge in [-0.1, -0.05) is 73.9 Å². The number of nitrogens with zero attached hydrogens (tertiary/aromatic N) is 3. The van der Waals surface area contributed by atoms with Crippen LogP contribution in [0.4, 0.5) is 0 Å². The van der Waals surface area contributed by atoms with Gasteiger partial charge in [0.15, 0.2) is 10.8 Å². The summed E-state index contributed by atoms with van der Waals surface area (Å²) in [5, 5.41) is 20.0. The Morgan fingerprint density at radius 3 is 2.70 bits per heavy atom. The molecule has 0 aliphatic carbocycles. The van der Waals surface area contributed by atoms with Gasteiger partial charge in [0.05, 0.1) is 16.1 Å². The van der Waals surface area contributed by atoms with Crippen LogP contribution in [0.5, 0.6) is 5.75 Å². The zero-order valence-electron chi connectivity index (χ0n) is 15.3. The second kappa shape index (κ2) is 8.27. The van der Waals surface area contributed by atoms with E-state index in [1.54, 1.807) is 16.7 Å². The Hall–Kier alpha value is -1.47. The minimum absolute atomic E-state index is 0.0325. The predicted molar refractivity (Wildman–Crippen MR) is 110 cm³/mol. The lowest BCUT2D eigenvalue weighted by Gasteiger charge is -2.23. The quantitative estimate of drug-likeness (QED) is 0.570. The van der Waals surface area contributed by atoms with E-state index in [1.165, 1.54) is 11.8 Å². The van der Waals surface area contributed by atoms with Gasteiger partial charge in [0.25, 0.3) is 0 Å². The summed E-state index contributed by atoms with van der Waals surface area (Å²) >= 11 is 13.5. The number of aliphatic hydroxyl groups is 1. The number of fused-ring (bicyclic) bond motifs is 1. The molecule has 1 aromatic carbocycles. The Balaban J connectivity index is 1.62. The molecule has 0 amide bonds. The lowest BCUT2D eigenvalue weighted by Crippen LogP contribution is -2.22. The number of hydrogen-bond acceptors (Lipinski definition) is 5. The number of thioether (sulfide) groups is 1. The second-order valence-corrected chi connectivity index (χ2v) is 9.04. The molecule has 3 rings (SSSR count). The van der Waals surface area contributed by atoms with Crippen LogP contribution >= 0.6 is 35.0 Å². The van der Waals surface area contributed by atoms with Crippen LogP contribution in [0.2, 0.25) is 10.0 Å². The van der Waals surface area contributed by atoms with Crippen molar-refractivity contribution in [3.63, 3.8) is 0 Å². The maximum atomic E-state index is 10.3. The highest BCUT2D eigenvalue weighted by molar-refractivity contribution is 7.99. The molecule has 0 spiro atoms. The molecular formula is C19H21Cl2N3O2S. The number of rotatable bonds is 6. The maximum Gasteiger partial charge on any atom is 0.195 e. The van der Waals surface area contributed by atoms with Crippen LogP contribution in [-0.4, -0.2) is 38.2 Å². The van der Waals surface area contributed by atoms with Crippen molar-refractivity contribution in [3.8, 4) is 5.75 Å². The summed E-state index contributed by atoms with van der Waals surface area (Å²) in [7, 11) is 0. The van der Waals surface area contributed by atoms with Crippen molar-refractivity contribution in [2.75, 3.05) is 12.4 Å². The highest BCUT2D eigenvalue weighted by atomic mass is 35.5. The van der Waals surface area contributed by atoms with Crippen molar-refractivity contribution in [3.05, 3.63) is 52.1 Å². The lowest BCUT2D eigenvalue weighted by molar-refractivity contribution is 0.125. The predicted octanol–water partition coefficient (Wildman–Crippen LogP) is 4.87. The number of aliphatic hydroxyl groups excluding tert-OH is 1. The number of halogens is 2. The van der Waals surface area contributed by atoms with E-state index in [0.717, 1.165) is 11.3 Å². The molecule has 0 bridgehead atoms. The number of ether oxygens (including phenoxy) is 1. The van der Waals surface area contributed by atoms with Crippen LogP contribution in [0, 0.1) is 0 Å². The molecule has 27 heavy (non-hydrogen) atoms. The van der Waals surface area contributed by atoms with E-state index in [2.05, 4.69) is 31.0 Å². The summed E-state index contributed by atoms with van der Waals surface area (Å²) in [6.07, 6.45) is 1.04. The summed E-state index contributed by atoms with van der Waals surface area (Å²) in [4.78, 5) is 0. The van der Waals surface area contributed by atoms with E-state index in [1.807, 2.05) is 24.3 Å². The van der Waals surface area contributed by atoms with Crippen LogP contribution in [0.15, 0.2) is 41.7 Å². The van der Waals surface area contributed by atoms with Crippen LogP contribution in [0.3, 0.4) is 0 Å². The highest BCUT2D eigenvalue weighted by Crippen LogP contribution is 2.31. The van der Waals surface area contributed by atoms with Crippen LogP contribution < -0.4 is 4.74 Å². The standard InChI is InChI=1S/C19H21Cl2N3O2S/c1-19(2,3)14-6-4-5-7-16(14)26-10-13(25)11-27-18-23-22-17-15(21)8-12(20)9-24(17)18/h4-9,13,25H,10-11H2,1-3H3. The lowest BCUT2D eigenvalue weighted by atomic mass is 9.86. The smallest absolute Gasteiger partial charge is 0.195 e. The SMILES string of the molecule is CC(C)(C)c1ccccc1OCC(O)CSc1nnc2c(Cl)cc(Cl)cn12. The van der Waals surface area contributed by atoms with Gasteiger partial charge in [-0.25, -0.2) is 0 Å². The van der Waals surface area contributed by atoms with E-state index < -0.39 is 6.10 Å². The first-order chi connectivity index (χ1) is 12.8. The molecule has 1 atom stereocenters. The van der Waals surface area contributed by atoms with Gasteiger partial charge in [-0.05, 0) is 23.1 Å². The summed E-state index contributed by atoms with van der Waals surface area (Å²) in [5.74, 6) is 1.20. The van der Waals surface area contributed by atoms with Gasteiger partial charge in [-0.3, -0.25) is 4.40 Å². The average molecular weight is 426 g/mol. The third-order valence-corrected chi connectivity index (χ3v) is 5.50. The largest absolute Gasteiger partial charge is 0.491 e. The maximum absolute atomic E-state index is 10.3. The first-order valence-corrected chi connectivity index (χ1v) is 10.2. The third kappa shape index (κ3) is 4.88. The fourth-order valence-corrected chi connectivity index (χ4v) is 3.94. The van der Waals surface area contributed by atoms with E-state index >= 15 is 0 Å². The van der Waals surface area contributed by atoms with Crippen molar-refractivity contribution < 1.29 is 9.84 Å². The normalized spacial score (nSPS) is 13.1. The molecule has 0 aliphatic rings. The number of pyridine rings is 1. The minimum Gasteiger partial charge on any atom is -0.491 e.